The second-order valence-corrected chi connectivity index (χ2v) is 6.22. The van der Waals surface area contributed by atoms with E-state index in [9.17, 15) is 14.4 Å². The van der Waals surface area contributed by atoms with Crippen molar-refractivity contribution in [2.75, 3.05) is 7.11 Å². The van der Waals surface area contributed by atoms with Gasteiger partial charge in [0.15, 0.2) is 0 Å². The molecule has 1 aromatic carbocycles. The maximum Gasteiger partial charge on any atom is 0.328 e. The summed E-state index contributed by atoms with van der Waals surface area (Å²) >= 11 is 0. The van der Waals surface area contributed by atoms with Crippen molar-refractivity contribution in [3.05, 3.63) is 35.9 Å². The molecule has 0 aliphatic carbocycles. The van der Waals surface area contributed by atoms with Gasteiger partial charge in [-0.3, -0.25) is 9.59 Å². The number of benzene rings is 1. The molecule has 1 rings (SSSR count). The first-order chi connectivity index (χ1) is 11.3. The predicted molar refractivity (Wildman–Crippen MR) is 91.4 cm³/mol. The molecule has 0 aliphatic heterocycles. The van der Waals surface area contributed by atoms with Crippen LogP contribution in [0.3, 0.4) is 0 Å². The van der Waals surface area contributed by atoms with Crippen LogP contribution < -0.4 is 10.6 Å². The highest BCUT2D eigenvalue weighted by Gasteiger charge is 2.23. The Kier molecular flexibility index (Phi) is 7.95. The van der Waals surface area contributed by atoms with Gasteiger partial charge in [0.25, 0.3) is 5.91 Å². The van der Waals surface area contributed by atoms with Gasteiger partial charge in [0.2, 0.25) is 5.91 Å². The van der Waals surface area contributed by atoms with E-state index in [2.05, 4.69) is 10.6 Å². The highest BCUT2D eigenvalue weighted by atomic mass is 16.5. The normalized spacial score (nSPS) is 13.0. The van der Waals surface area contributed by atoms with Crippen LogP contribution in [0, 0.1) is 5.92 Å². The molecule has 0 radical (unpaired) electrons. The summed E-state index contributed by atoms with van der Waals surface area (Å²) in [5, 5.41) is 5.45. The predicted octanol–water partition coefficient (Wildman–Crippen LogP) is 1.90. The van der Waals surface area contributed by atoms with Gasteiger partial charge in [-0.2, -0.15) is 0 Å². The summed E-state index contributed by atoms with van der Waals surface area (Å²) in [6.07, 6.45) is 0.591. The van der Waals surface area contributed by atoms with Crippen molar-refractivity contribution in [1.29, 1.82) is 0 Å². The zero-order valence-corrected chi connectivity index (χ0v) is 14.7. The van der Waals surface area contributed by atoms with E-state index in [1.807, 2.05) is 19.9 Å². The molecule has 0 spiro atoms. The Morgan fingerprint density at radius 3 is 2.21 bits per heavy atom. The number of carbonyl (C=O) groups is 3. The minimum atomic E-state index is -0.667. The van der Waals surface area contributed by atoms with E-state index in [0.29, 0.717) is 12.0 Å². The molecule has 0 heterocycles. The average Bonchev–Trinajstić information content (AvgIpc) is 2.53. The Balaban J connectivity index is 2.53. The number of rotatable bonds is 8. The van der Waals surface area contributed by atoms with Crippen LogP contribution in [0.15, 0.2) is 30.3 Å². The van der Waals surface area contributed by atoms with Gasteiger partial charge in [-0.1, -0.05) is 32.0 Å². The highest BCUT2D eigenvalue weighted by molar-refractivity contribution is 5.94. The fraction of sp³-hybridized carbons (Fsp3) is 0.500. The largest absolute Gasteiger partial charge is 0.467 e. The Labute approximate surface area is 143 Å². The highest BCUT2D eigenvalue weighted by Crippen LogP contribution is 2.07. The quantitative estimate of drug-likeness (QED) is 0.711. The number of nitrogens with one attached hydrogen (secondary N) is 2. The lowest BCUT2D eigenvalue weighted by atomic mass is 10.0. The molecule has 0 aromatic heterocycles. The van der Waals surface area contributed by atoms with Gasteiger partial charge in [0, 0.05) is 18.0 Å². The molecule has 0 saturated carbocycles. The maximum absolute atomic E-state index is 12.1. The molecule has 0 fully saturated rings. The molecule has 0 saturated heterocycles. The van der Waals surface area contributed by atoms with E-state index < -0.39 is 12.0 Å². The molecule has 6 heteroatoms. The third-order valence-corrected chi connectivity index (χ3v) is 3.43. The number of hydrogen-bond acceptors (Lipinski definition) is 4. The van der Waals surface area contributed by atoms with E-state index in [1.54, 1.807) is 31.2 Å². The summed E-state index contributed by atoms with van der Waals surface area (Å²) < 4.78 is 4.72. The van der Waals surface area contributed by atoms with Crippen molar-refractivity contribution in [1.82, 2.24) is 10.6 Å². The van der Waals surface area contributed by atoms with Crippen LogP contribution in [-0.4, -0.2) is 37.0 Å². The maximum atomic E-state index is 12.1. The molecule has 2 amide bonds. The first kappa shape index (κ1) is 19.7. The molecular formula is C18H26N2O4. The van der Waals surface area contributed by atoms with Gasteiger partial charge < -0.3 is 15.4 Å². The zero-order chi connectivity index (χ0) is 18.1. The fourth-order valence-electron chi connectivity index (χ4n) is 2.31. The SMILES string of the molecule is COC(=O)C(CC(C)C)NC(=O)CC(C)NC(=O)c1ccccc1. The van der Waals surface area contributed by atoms with Crippen LogP contribution in [-0.2, 0) is 14.3 Å². The van der Waals surface area contributed by atoms with Gasteiger partial charge in [0.1, 0.15) is 6.04 Å². The van der Waals surface area contributed by atoms with E-state index in [-0.39, 0.29) is 30.2 Å². The molecule has 6 nitrogen and oxygen atoms in total. The van der Waals surface area contributed by atoms with Gasteiger partial charge in [-0.15, -0.1) is 0 Å². The van der Waals surface area contributed by atoms with E-state index in [0.717, 1.165) is 0 Å². The van der Waals surface area contributed by atoms with Crippen molar-refractivity contribution in [2.24, 2.45) is 5.92 Å². The molecule has 0 bridgehead atoms. The number of ether oxygens (including phenoxy) is 1. The van der Waals surface area contributed by atoms with Crippen molar-refractivity contribution in [2.45, 2.75) is 45.7 Å². The third kappa shape index (κ3) is 6.81. The Bertz CT molecular complexity index is 557. The van der Waals surface area contributed by atoms with Crippen molar-refractivity contribution < 1.29 is 19.1 Å². The topological polar surface area (TPSA) is 84.5 Å². The molecule has 0 aliphatic rings. The molecule has 2 atom stereocenters. The first-order valence-corrected chi connectivity index (χ1v) is 8.06. The van der Waals surface area contributed by atoms with E-state index in [4.69, 9.17) is 4.74 Å². The van der Waals surface area contributed by atoms with Gasteiger partial charge in [-0.05, 0) is 31.4 Å². The summed E-state index contributed by atoms with van der Waals surface area (Å²) in [6.45, 7) is 5.67. The summed E-state index contributed by atoms with van der Waals surface area (Å²) in [7, 11) is 1.30. The second kappa shape index (κ2) is 9.70. The molecule has 1 aromatic rings. The third-order valence-electron chi connectivity index (χ3n) is 3.43. The summed E-state index contributed by atoms with van der Waals surface area (Å²) in [6, 6.07) is 7.78. The van der Waals surface area contributed by atoms with Crippen molar-refractivity contribution in [3.8, 4) is 0 Å². The van der Waals surface area contributed by atoms with E-state index >= 15 is 0 Å². The first-order valence-electron chi connectivity index (χ1n) is 8.06. The monoisotopic (exact) mass is 334 g/mol. The van der Waals surface area contributed by atoms with Crippen molar-refractivity contribution >= 4 is 17.8 Å². The van der Waals surface area contributed by atoms with Gasteiger partial charge in [0.05, 0.1) is 7.11 Å². The molecule has 2 N–H and O–H groups in total. The minimum absolute atomic E-state index is 0.0875. The van der Waals surface area contributed by atoms with Crippen LogP contribution in [0.5, 0.6) is 0 Å². The van der Waals surface area contributed by atoms with Gasteiger partial charge >= 0.3 is 5.97 Å². The number of amides is 2. The van der Waals surface area contributed by atoms with Crippen molar-refractivity contribution in [3.63, 3.8) is 0 Å². The Morgan fingerprint density at radius 2 is 1.67 bits per heavy atom. The summed E-state index contributed by atoms with van der Waals surface area (Å²) in [5.74, 6) is -0.753. The van der Waals surface area contributed by atoms with Crippen LogP contribution in [0.25, 0.3) is 0 Å². The molecule has 24 heavy (non-hydrogen) atoms. The molecule has 132 valence electrons. The van der Waals surface area contributed by atoms with Crippen LogP contribution in [0.1, 0.15) is 44.0 Å². The molecular weight excluding hydrogens is 308 g/mol. The summed E-state index contributed by atoms with van der Waals surface area (Å²) in [4.78, 5) is 35.9. The average molecular weight is 334 g/mol. The Morgan fingerprint density at radius 1 is 1.04 bits per heavy atom. The lowest BCUT2D eigenvalue weighted by Gasteiger charge is -2.20. The van der Waals surface area contributed by atoms with E-state index in [1.165, 1.54) is 7.11 Å². The number of methoxy groups -OCH3 is 1. The van der Waals surface area contributed by atoms with Crippen LogP contribution in [0.4, 0.5) is 0 Å². The summed E-state index contributed by atoms with van der Waals surface area (Å²) in [5.41, 5.74) is 0.539. The minimum Gasteiger partial charge on any atom is -0.467 e. The van der Waals surface area contributed by atoms with Crippen LogP contribution >= 0.6 is 0 Å². The number of esters is 1. The zero-order valence-electron chi connectivity index (χ0n) is 14.7. The molecule has 2 unspecified atom stereocenters. The fourth-order valence-corrected chi connectivity index (χ4v) is 2.31. The Hall–Kier alpha value is -2.37. The lowest BCUT2D eigenvalue weighted by Crippen LogP contribution is -2.45. The van der Waals surface area contributed by atoms with Crippen LogP contribution in [0.2, 0.25) is 0 Å². The number of hydrogen-bond donors (Lipinski definition) is 2. The standard InChI is InChI=1S/C18H26N2O4/c1-12(2)10-15(18(23)24-4)20-16(21)11-13(3)19-17(22)14-8-6-5-7-9-14/h5-9,12-13,15H,10-11H2,1-4H3,(H,19,22)(H,20,21). The second-order valence-electron chi connectivity index (χ2n) is 6.22. The smallest absolute Gasteiger partial charge is 0.328 e. The van der Waals surface area contributed by atoms with Gasteiger partial charge in [-0.25, -0.2) is 4.79 Å². The number of carbonyl (C=O) groups excluding carboxylic acids is 3. The lowest BCUT2D eigenvalue weighted by molar-refractivity contribution is -0.145.